The van der Waals surface area contributed by atoms with Crippen LogP contribution in [-0.4, -0.2) is 31.2 Å². The Balaban J connectivity index is 1.60. The number of nitrogens with one attached hydrogen (secondary N) is 1. The average Bonchev–Trinajstić information content (AvgIpc) is 3.00. The number of aryl methyl sites for hydroxylation is 1. The molecule has 2 aromatic heterocycles. The van der Waals surface area contributed by atoms with Gasteiger partial charge in [0, 0.05) is 18.1 Å². The molecule has 1 atom stereocenters. The predicted molar refractivity (Wildman–Crippen MR) is 95.1 cm³/mol. The van der Waals surface area contributed by atoms with Crippen LogP contribution >= 0.6 is 11.3 Å². The van der Waals surface area contributed by atoms with E-state index in [9.17, 15) is 4.79 Å². The molecule has 1 aliphatic rings. The first kappa shape index (κ1) is 16.9. The lowest BCUT2D eigenvalue weighted by Crippen LogP contribution is -2.11. The van der Waals surface area contributed by atoms with Gasteiger partial charge in [0.05, 0.1) is 23.4 Å². The Morgan fingerprint density at radius 3 is 3.04 bits per heavy atom. The molecular weight excluding hydrogens is 324 g/mol. The number of aromatic nitrogens is 1. The van der Waals surface area contributed by atoms with E-state index in [0.29, 0.717) is 30.7 Å². The van der Waals surface area contributed by atoms with Gasteiger partial charge in [0.1, 0.15) is 6.61 Å². The number of amides is 1. The second-order valence-corrected chi connectivity index (χ2v) is 7.22. The first-order valence-corrected chi connectivity index (χ1v) is 8.98. The van der Waals surface area contributed by atoms with Crippen molar-refractivity contribution < 1.29 is 14.3 Å². The van der Waals surface area contributed by atoms with Crippen molar-refractivity contribution in [3.05, 3.63) is 39.7 Å². The van der Waals surface area contributed by atoms with E-state index in [2.05, 4.69) is 17.2 Å². The summed E-state index contributed by atoms with van der Waals surface area (Å²) in [6.45, 7) is 3.23. The number of rotatable bonds is 6. The monoisotopic (exact) mass is 346 g/mol. The van der Waals surface area contributed by atoms with Gasteiger partial charge in [0.15, 0.2) is 0 Å². The van der Waals surface area contributed by atoms with E-state index in [0.717, 1.165) is 17.7 Å². The quantitative estimate of drug-likeness (QED) is 0.813. The van der Waals surface area contributed by atoms with Crippen molar-refractivity contribution in [3.63, 3.8) is 0 Å². The van der Waals surface area contributed by atoms with Crippen molar-refractivity contribution in [1.29, 1.82) is 0 Å². The van der Waals surface area contributed by atoms with Crippen LogP contribution < -0.4 is 10.1 Å². The Morgan fingerprint density at radius 2 is 2.29 bits per heavy atom. The molecule has 0 fully saturated rings. The number of fused-ring (bicyclic) bond motifs is 1. The largest absolute Gasteiger partial charge is 0.475 e. The van der Waals surface area contributed by atoms with E-state index in [-0.39, 0.29) is 5.91 Å². The van der Waals surface area contributed by atoms with Crippen LogP contribution in [0, 0.1) is 5.92 Å². The number of hydrogen-bond donors (Lipinski definition) is 1. The highest BCUT2D eigenvalue weighted by molar-refractivity contribution is 7.14. The number of carbonyl (C=O) groups is 1. The van der Waals surface area contributed by atoms with Gasteiger partial charge in [-0.15, -0.1) is 11.3 Å². The maximum atomic E-state index is 12.4. The van der Waals surface area contributed by atoms with Gasteiger partial charge >= 0.3 is 0 Å². The molecule has 24 heavy (non-hydrogen) atoms. The van der Waals surface area contributed by atoms with Crippen LogP contribution in [0.2, 0.25) is 0 Å². The van der Waals surface area contributed by atoms with Crippen molar-refractivity contribution in [1.82, 2.24) is 4.98 Å². The standard InChI is InChI=1S/C18H22N2O3S/c1-12-3-5-15-13(9-12)10-16(24-15)18(21)20-14-4-6-17(19-11-14)23-8-7-22-2/h4,6,10-12H,3,5,7-9H2,1-2H3,(H,20,21). The fraction of sp³-hybridized carbons (Fsp3) is 0.444. The third kappa shape index (κ3) is 4.13. The summed E-state index contributed by atoms with van der Waals surface area (Å²) in [6, 6.07) is 5.58. The second kappa shape index (κ2) is 7.77. The lowest BCUT2D eigenvalue weighted by atomic mass is 9.90. The summed E-state index contributed by atoms with van der Waals surface area (Å²) < 4.78 is 10.3. The molecule has 1 N–H and O–H groups in total. The number of pyridine rings is 1. The smallest absolute Gasteiger partial charge is 0.265 e. The fourth-order valence-corrected chi connectivity index (χ4v) is 3.88. The minimum absolute atomic E-state index is 0.0723. The Kier molecular flexibility index (Phi) is 5.48. The molecule has 2 aromatic rings. The lowest BCUT2D eigenvalue weighted by Gasteiger charge is -2.16. The number of thiophene rings is 1. The van der Waals surface area contributed by atoms with Gasteiger partial charge in [-0.25, -0.2) is 4.98 Å². The minimum atomic E-state index is -0.0723. The minimum Gasteiger partial charge on any atom is -0.475 e. The summed E-state index contributed by atoms with van der Waals surface area (Å²) in [6.07, 6.45) is 4.98. The van der Waals surface area contributed by atoms with Crippen LogP contribution in [0.1, 0.15) is 33.5 Å². The molecule has 128 valence electrons. The van der Waals surface area contributed by atoms with E-state index in [1.165, 1.54) is 16.9 Å². The maximum Gasteiger partial charge on any atom is 0.265 e. The number of nitrogens with zero attached hydrogens (tertiary/aromatic N) is 1. The van der Waals surface area contributed by atoms with Crippen molar-refractivity contribution in [2.45, 2.75) is 26.2 Å². The molecule has 0 saturated carbocycles. The van der Waals surface area contributed by atoms with Crippen molar-refractivity contribution >= 4 is 22.9 Å². The number of ether oxygens (including phenoxy) is 2. The summed E-state index contributed by atoms with van der Waals surface area (Å²) >= 11 is 1.61. The van der Waals surface area contributed by atoms with Gasteiger partial charge in [-0.2, -0.15) is 0 Å². The molecule has 5 nitrogen and oxygen atoms in total. The average molecular weight is 346 g/mol. The molecule has 1 amide bonds. The molecule has 2 heterocycles. The van der Waals surface area contributed by atoms with Crippen LogP contribution in [0.3, 0.4) is 0 Å². The molecule has 0 bridgehead atoms. The summed E-state index contributed by atoms with van der Waals surface area (Å²) in [5, 5.41) is 2.90. The number of methoxy groups -OCH3 is 1. The number of hydrogen-bond acceptors (Lipinski definition) is 5. The molecule has 0 spiro atoms. The number of anilines is 1. The molecule has 0 saturated heterocycles. The Hall–Kier alpha value is -1.92. The zero-order valence-electron chi connectivity index (χ0n) is 14.0. The van der Waals surface area contributed by atoms with Crippen LogP contribution in [0.25, 0.3) is 0 Å². The second-order valence-electron chi connectivity index (χ2n) is 6.09. The van der Waals surface area contributed by atoms with Crippen molar-refractivity contribution in [2.75, 3.05) is 25.6 Å². The van der Waals surface area contributed by atoms with Gasteiger partial charge in [-0.05, 0) is 42.9 Å². The van der Waals surface area contributed by atoms with Gasteiger partial charge in [0.2, 0.25) is 5.88 Å². The molecule has 0 radical (unpaired) electrons. The summed E-state index contributed by atoms with van der Waals surface area (Å²) in [5.74, 6) is 1.15. The molecule has 0 aliphatic heterocycles. The van der Waals surface area contributed by atoms with Crippen molar-refractivity contribution in [2.24, 2.45) is 5.92 Å². The topological polar surface area (TPSA) is 60.5 Å². The molecule has 6 heteroatoms. The van der Waals surface area contributed by atoms with Gasteiger partial charge in [-0.3, -0.25) is 4.79 Å². The summed E-state index contributed by atoms with van der Waals surface area (Å²) in [7, 11) is 1.62. The highest BCUT2D eigenvalue weighted by Gasteiger charge is 2.20. The zero-order valence-corrected chi connectivity index (χ0v) is 14.8. The van der Waals surface area contributed by atoms with E-state index in [4.69, 9.17) is 9.47 Å². The molecular formula is C18H22N2O3S. The van der Waals surface area contributed by atoms with Gasteiger partial charge in [0.25, 0.3) is 5.91 Å². The SMILES string of the molecule is COCCOc1ccc(NC(=O)c2cc3c(s2)CCC(C)C3)cn1. The molecule has 0 aromatic carbocycles. The summed E-state index contributed by atoms with van der Waals surface area (Å²) in [4.78, 5) is 18.7. The van der Waals surface area contributed by atoms with E-state index < -0.39 is 0 Å². The Morgan fingerprint density at radius 1 is 1.42 bits per heavy atom. The lowest BCUT2D eigenvalue weighted by molar-refractivity contribution is 0.103. The van der Waals surface area contributed by atoms with Crippen LogP contribution in [-0.2, 0) is 17.6 Å². The fourth-order valence-electron chi connectivity index (χ4n) is 2.78. The molecule has 1 unspecified atom stereocenters. The molecule has 3 rings (SSSR count). The predicted octanol–water partition coefficient (Wildman–Crippen LogP) is 3.55. The zero-order chi connectivity index (χ0) is 16.9. The van der Waals surface area contributed by atoms with Gasteiger partial charge in [-0.1, -0.05) is 6.92 Å². The highest BCUT2D eigenvalue weighted by atomic mass is 32.1. The molecule has 1 aliphatic carbocycles. The third-order valence-corrected chi connectivity index (χ3v) is 5.32. The first-order valence-electron chi connectivity index (χ1n) is 8.16. The highest BCUT2D eigenvalue weighted by Crippen LogP contribution is 2.32. The van der Waals surface area contributed by atoms with Gasteiger partial charge < -0.3 is 14.8 Å². The Bertz CT molecular complexity index is 697. The normalized spacial score (nSPS) is 16.5. The maximum absolute atomic E-state index is 12.4. The van der Waals surface area contributed by atoms with Crippen LogP contribution in [0.4, 0.5) is 5.69 Å². The van der Waals surface area contributed by atoms with E-state index >= 15 is 0 Å². The number of carbonyl (C=O) groups excluding carboxylic acids is 1. The Labute approximate surface area is 146 Å². The third-order valence-electron chi connectivity index (χ3n) is 4.08. The van der Waals surface area contributed by atoms with E-state index in [1.807, 2.05) is 6.07 Å². The first-order chi connectivity index (χ1) is 11.7. The van der Waals surface area contributed by atoms with Crippen LogP contribution in [0.15, 0.2) is 24.4 Å². The van der Waals surface area contributed by atoms with Crippen LogP contribution in [0.5, 0.6) is 5.88 Å². The van der Waals surface area contributed by atoms with Crippen molar-refractivity contribution in [3.8, 4) is 5.88 Å². The van der Waals surface area contributed by atoms with E-state index in [1.54, 1.807) is 36.8 Å². The summed E-state index contributed by atoms with van der Waals surface area (Å²) in [5.41, 5.74) is 2.00.